The Balaban J connectivity index is 1.63. The van der Waals surface area contributed by atoms with Gasteiger partial charge in [0.25, 0.3) is 0 Å². The monoisotopic (exact) mass is 477 g/mol. The molecular formula is C25H25F2N7O. The summed E-state index contributed by atoms with van der Waals surface area (Å²) in [5.41, 5.74) is 3.60. The van der Waals surface area contributed by atoms with Crippen molar-refractivity contribution in [1.82, 2.24) is 29.5 Å². The van der Waals surface area contributed by atoms with Crippen LogP contribution in [0.25, 0.3) is 33.8 Å². The second-order valence-corrected chi connectivity index (χ2v) is 9.21. The van der Waals surface area contributed by atoms with Crippen LogP contribution in [0.5, 0.6) is 0 Å². The van der Waals surface area contributed by atoms with Crippen LogP contribution in [0, 0.1) is 6.92 Å². The minimum atomic E-state index is -2.86. The van der Waals surface area contributed by atoms with Crippen molar-refractivity contribution in [3.05, 3.63) is 48.3 Å². The number of aromatic nitrogens is 6. The molecule has 0 radical (unpaired) electrons. The average molecular weight is 478 g/mol. The Bertz CT molecular complexity index is 1440. The molecule has 35 heavy (non-hydrogen) atoms. The first kappa shape index (κ1) is 22.9. The van der Waals surface area contributed by atoms with E-state index in [-0.39, 0.29) is 18.7 Å². The Kier molecular flexibility index (Phi) is 5.34. The third-order valence-corrected chi connectivity index (χ3v) is 6.59. The molecule has 3 aromatic heterocycles. The molecule has 1 atom stereocenters. The Labute approximate surface area is 200 Å². The highest BCUT2D eigenvalue weighted by Crippen LogP contribution is 2.44. The highest BCUT2D eigenvalue weighted by Gasteiger charge is 2.44. The predicted molar refractivity (Wildman–Crippen MR) is 128 cm³/mol. The molecule has 0 fully saturated rings. The summed E-state index contributed by atoms with van der Waals surface area (Å²) >= 11 is 0. The first-order chi connectivity index (χ1) is 16.6. The molecular weight excluding hydrogens is 452 g/mol. The van der Waals surface area contributed by atoms with Gasteiger partial charge < -0.3 is 9.88 Å². The molecule has 0 aliphatic carbocycles. The maximum atomic E-state index is 13.6. The molecule has 0 bridgehead atoms. The van der Waals surface area contributed by atoms with Crippen molar-refractivity contribution in [3.8, 4) is 22.6 Å². The van der Waals surface area contributed by atoms with E-state index in [0.717, 1.165) is 18.1 Å². The molecule has 5 rings (SSSR count). The molecule has 0 saturated heterocycles. The number of hydrogen-bond donors (Lipinski definition) is 1. The topological polar surface area (TPSA) is 98.5 Å². The van der Waals surface area contributed by atoms with Crippen LogP contribution in [0.2, 0.25) is 0 Å². The zero-order chi connectivity index (χ0) is 25.0. The lowest BCUT2D eigenvalue weighted by atomic mass is 9.78. The zero-order valence-corrected chi connectivity index (χ0v) is 19.9. The van der Waals surface area contributed by atoms with Crippen molar-refractivity contribution < 1.29 is 13.6 Å². The van der Waals surface area contributed by atoms with Crippen LogP contribution in [0.1, 0.15) is 45.0 Å². The van der Waals surface area contributed by atoms with Crippen LogP contribution in [0.15, 0.2) is 36.9 Å². The van der Waals surface area contributed by atoms with Gasteiger partial charge in [-0.05, 0) is 51.8 Å². The molecule has 1 amide bonds. The van der Waals surface area contributed by atoms with Gasteiger partial charge in [0.2, 0.25) is 11.8 Å². The van der Waals surface area contributed by atoms with Crippen molar-refractivity contribution in [2.24, 2.45) is 0 Å². The quantitative estimate of drug-likeness (QED) is 0.423. The molecule has 1 aliphatic rings. The molecule has 0 saturated carbocycles. The van der Waals surface area contributed by atoms with Gasteiger partial charge in [0.1, 0.15) is 29.2 Å². The van der Waals surface area contributed by atoms with Crippen molar-refractivity contribution in [2.75, 3.05) is 5.32 Å². The number of carbonyl (C=O) groups is 1. The van der Waals surface area contributed by atoms with Crippen LogP contribution in [0.3, 0.4) is 0 Å². The molecule has 1 aromatic carbocycles. The van der Waals surface area contributed by atoms with E-state index in [1.165, 1.54) is 6.33 Å². The van der Waals surface area contributed by atoms with Crippen LogP contribution in [-0.2, 0) is 16.8 Å². The average Bonchev–Trinajstić information content (AvgIpc) is 3.32. The SMILES string of the molecule is CCn1c(-c2cnc(C)nc2)nc2c(-c3ccc4c(c3)C(C)(CCC(C)(F)F)C(=O)N4)ncnc21. The molecule has 1 unspecified atom stereocenters. The number of carbonyl (C=O) groups excluding carboxylic acids is 1. The van der Waals surface area contributed by atoms with Gasteiger partial charge in [0.15, 0.2) is 5.65 Å². The van der Waals surface area contributed by atoms with Gasteiger partial charge in [-0.15, -0.1) is 0 Å². The van der Waals surface area contributed by atoms with Crippen molar-refractivity contribution >= 4 is 22.8 Å². The molecule has 8 nitrogen and oxygen atoms in total. The predicted octanol–water partition coefficient (Wildman–Crippen LogP) is 4.92. The van der Waals surface area contributed by atoms with E-state index >= 15 is 0 Å². The van der Waals surface area contributed by atoms with E-state index in [1.807, 2.05) is 30.5 Å². The Morgan fingerprint density at radius 2 is 1.86 bits per heavy atom. The van der Waals surface area contributed by atoms with E-state index in [2.05, 4.69) is 25.3 Å². The third kappa shape index (κ3) is 3.92. The Morgan fingerprint density at radius 3 is 2.54 bits per heavy atom. The van der Waals surface area contributed by atoms with Gasteiger partial charge in [-0.3, -0.25) is 4.79 Å². The van der Waals surface area contributed by atoms with E-state index in [9.17, 15) is 13.6 Å². The lowest BCUT2D eigenvalue weighted by Gasteiger charge is -2.24. The van der Waals surface area contributed by atoms with Gasteiger partial charge in [-0.2, -0.15) is 0 Å². The van der Waals surface area contributed by atoms with Gasteiger partial charge in [-0.25, -0.2) is 33.7 Å². The summed E-state index contributed by atoms with van der Waals surface area (Å²) in [5.74, 6) is -1.79. The van der Waals surface area contributed by atoms with Crippen molar-refractivity contribution in [1.29, 1.82) is 0 Å². The second kappa shape index (κ2) is 8.14. The van der Waals surface area contributed by atoms with Crippen molar-refractivity contribution in [3.63, 3.8) is 0 Å². The minimum Gasteiger partial charge on any atom is -0.325 e. The Morgan fingerprint density at radius 1 is 1.11 bits per heavy atom. The molecule has 10 heteroatoms. The van der Waals surface area contributed by atoms with E-state index in [0.29, 0.717) is 46.3 Å². The number of nitrogens with zero attached hydrogens (tertiary/aromatic N) is 6. The highest BCUT2D eigenvalue weighted by molar-refractivity contribution is 6.06. The summed E-state index contributed by atoms with van der Waals surface area (Å²) in [6.45, 7) is 7.03. The number of anilines is 1. The number of imidazole rings is 1. The molecule has 0 spiro atoms. The number of amides is 1. The molecule has 1 aliphatic heterocycles. The molecule has 4 heterocycles. The third-order valence-electron chi connectivity index (χ3n) is 6.59. The maximum absolute atomic E-state index is 13.6. The van der Waals surface area contributed by atoms with E-state index in [4.69, 9.17) is 4.98 Å². The summed E-state index contributed by atoms with van der Waals surface area (Å²) in [6.07, 6.45) is 4.57. The van der Waals surface area contributed by atoms with Gasteiger partial charge in [0.05, 0.1) is 11.0 Å². The van der Waals surface area contributed by atoms with Crippen LogP contribution in [0.4, 0.5) is 14.5 Å². The normalized spacial score (nSPS) is 17.6. The smallest absolute Gasteiger partial charge is 0.245 e. The van der Waals surface area contributed by atoms with Crippen LogP contribution >= 0.6 is 0 Å². The number of halogens is 2. The minimum absolute atomic E-state index is 0.0278. The zero-order valence-electron chi connectivity index (χ0n) is 19.9. The fourth-order valence-electron chi connectivity index (χ4n) is 4.53. The van der Waals surface area contributed by atoms with Gasteiger partial charge in [0, 0.05) is 36.6 Å². The van der Waals surface area contributed by atoms with Crippen LogP contribution in [-0.4, -0.2) is 41.3 Å². The standard InChI is InChI=1S/C25H25F2N7O/c1-5-34-21(16-11-28-14(2)29-12-16)33-20-19(30-13-31-22(20)34)15-6-7-18-17(10-15)24(3,23(35)32-18)8-9-25(4,26)27/h6-7,10-13H,5,8-9H2,1-4H3,(H,32,35). The fraction of sp³-hybridized carbons (Fsp3) is 0.360. The number of fused-ring (bicyclic) bond motifs is 2. The lowest BCUT2D eigenvalue weighted by molar-refractivity contribution is -0.121. The summed E-state index contributed by atoms with van der Waals surface area (Å²) in [5, 5.41) is 2.84. The summed E-state index contributed by atoms with van der Waals surface area (Å²) in [4.78, 5) is 35.2. The number of nitrogens with one attached hydrogen (secondary N) is 1. The highest BCUT2D eigenvalue weighted by atomic mass is 19.3. The lowest BCUT2D eigenvalue weighted by Crippen LogP contribution is -2.32. The number of alkyl halides is 2. The summed E-state index contributed by atoms with van der Waals surface area (Å²) in [6, 6.07) is 5.49. The van der Waals surface area contributed by atoms with E-state index in [1.54, 1.807) is 25.4 Å². The number of rotatable bonds is 6. The second-order valence-electron chi connectivity index (χ2n) is 9.21. The fourth-order valence-corrected chi connectivity index (χ4v) is 4.53. The number of hydrogen-bond acceptors (Lipinski definition) is 6. The molecule has 4 aromatic rings. The van der Waals surface area contributed by atoms with Crippen LogP contribution < -0.4 is 5.32 Å². The Hall–Kier alpha value is -3.82. The van der Waals surface area contributed by atoms with E-state index < -0.39 is 11.3 Å². The first-order valence-corrected chi connectivity index (χ1v) is 11.4. The van der Waals surface area contributed by atoms with Crippen molar-refractivity contribution in [2.45, 2.75) is 58.4 Å². The maximum Gasteiger partial charge on any atom is 0.245 e. The first-order valence-electron chi connectivity index (χ1n) is 11.4. The molecule has 180 valence electrons. The largest absolute Gasteiger partial charge is 0.325 e. The molecule has 1 N–H and O–H groups in total. The van der Waals surface area contributed by atoms with Gasteiger partial charge in [-0.1, -0.05) is 6.07 Å². The summed E-state index contributed by atoms with van der Waals surface area (Å²) < 4.78 is 29.2. The van der Waals surface area contributed by atoms with Gasteiger partial charge >= 0.3 is 0 Å². The summed E-state index contributed by atoms with van der Waals surface area (Å²) in [7, 11) is 0. The number of aryl methyl sites for hydroxylation is 2. The number of benzene rings is 1.